The van der Waals surface area contributed by atoms with Crippen molar-refractivity contribution in [3.8, 4) is 0 Å². The van der Waals surface area contributed by atoms with E-state index in [1.54, 1.807) is 18.5 Å². The van der Waals surface area contributed by atoms with Crippen molar-refractivity contribution in [1.29, 1.82) is 0 Å². The molecule has 9 heteroatoms. The summed E-state index contributed by atoms with van der Waals surface area (Å²) >= 11 is 0. The second-order valence-corrected chi connectivity index (χ2v) is 5.34. The molecule has 0 aliphatic rings. The van der Waals surface area contributed by atoms with Gasteiger partial charge in [-0.3, -0.25) is 9.59 Å². The molecule has 0 radical (unpaired) electrons. The summed E-state index contributed by atoms with van der Waals surface area (Å²) in [7, 11) is 0. The summed E-state index contributed by atoms with van der Waals surface area (Å²) in [6, 6.07) is 8.70. The molecule has 6 N–H and O–H groups in total. The Balaban J connectivity index is 0.000000223. The smallest absolute Gasteiger partial charge is 0.249 e. The van der Waals surface area contributed by atoms with Crippen LogP contribution in [0.25, 0.3) is 11.0 Å². The van der Waals surface area contributed by atoms with E-state index in [0.29, 0.717) is 16.8 Å². The molecule has 0 saturated carbocycles. The maximum absolute atomic E-state index is 12.2. The van der Waals surface area contributed by atoms with Gasteiger partial charge < -0.3 is 21.6 Å². The number of nitrogens with two attached hydrogens (primary N) is 2. The van der Waals surface area contributed by atoms with Crippen molar-refractivity contribution in [2.75, 3.05) is 6.61 Å². The zero-order valence-electron chi connectivity index (χ0n) is 14.2. The number of hydrogen-bond acceptors (Lipinski definition) is 4. The van der Waals surface area contributed by atoms with Crippen LogP contribution in [0.1, 0.15) is 22.3 Å². The molecule has 3 rings (SSSR count). The largest absolute Gasteiger partial charge is 0.396 e. The number of nitrogens with zero attached hydrogens (tertiary/aromatic N) is 2. The molecular formula is C18H18FN5O3. The second-order valence-electron chi connectivity index (χ2n) is 5.34. The Labute approximate surface area is 153 Å². The van der Waals surface area contributed by atoms with E-state index in [9.17, 15) is 14.0 Å². The number of carbonyl (C=O) groups is 2. The molecule has 0 aliphatic carbocycles. The van der Waals surface area contributed by atoms with Gasteiger partial charge >= 0.3 is 0 Å². The number of H-pyrrole nitrogens is 1. The Bertz CT molecular complexity index is 967. The number of aromatic amines is 1. The zero-order chi connectivity index (χ0) is 19.8. The number of aliphatic imine (C=N–C) groups is 1. The normalized spacial score (nSPS) is 11.0. The highest BCUT2D eigenvalue weighted by molar-refractivity contribution is 6.11. The van der Waals surface area contributed by atoms with Crippen molar-refractivity contribution in [2.45, 2.75) is 6.42 Å². The van der Waals surface area contributed by atoms with Gasteiger partial charge in [0.2, 0.25) is 11.8 Å². The van der Waals surface area contributed by atoms with Crippen LogP contribution in [-0.2, 0) is 4.79 Å². The van der Waals surface area contributed by atoms with E-state index in [1.807, 2.05) is 6.07 Å². The fraction of sp³-hybridized carbons (Fsp3) is 0.111. The SMILES string of the molecule is NC(=NC(=O)CCO)c1c[nH]c2ncccc12.NC(=O)c1ccc(F)cc1. The first-order valence-corrected chi connectivity index (χ1v) is 7.88. The molecule has 0 unspecified atom stereocenters. The van der Waals surface area contributed by atoms with E-state index in [4.69, 9.17) is 16.6 Å². The van der Waals surface area contributed by atoms with E-state index in [0.717, 1.165) is 5.39 Å². The minimum absolute atomic E-state index is 0.0265. The molecular weight excluding hydrogens is 353 g/mol. The molecule has 0 bridgehead atoms. The van der Waals surface area contributed by atoms with E-state index < -0.39 is 11.8 Å². The van der Waals surface area contributed by atoms with Crippen LogP contribution >= 0.6 is 0 Å². The lowest BCUT2D eigenvalue weighted by atomic mass is 10.2. The van der Waals surface area contributed by atoms with Gasteiger partial charge in [0, 0.05) is 28.9 Å². The van der Waals surface area contributed by atoms with Crippen molar-refractivity contribution in [3.63, 3.8) is 0 Å². The van der Waals surface area contributed by atoms with Gasteiger partial charge in [-0.2, -0.15) is 4.99 Å². The molecule has 0 atom stereocenters. The molecule has 0 saturated heterocycles. The van der Waals surface area contributed by atoms with Crippen molar-refractivity contribution in [3.05, 3.63) is 65.7 Å². The molecule has 0 spiro atoms. The van der Waals surface area contributed by atoms with Gasteiger partial charge in [0.15, 0.2) is 0 Å². The molecule has 2 aromatic heterocycles. The number of amidine groups is 1. The first-order chi connectivity index (χ1) is 12.9. The third-order valence-electron chi connectivity index (χ3n) is 3.43. The summed E-state index contributed by atoms with van der Waals surface area (Å²) < 4.78 is 12.2. The topological polar surface area (TPSA) is 147 Å². The van der Waals surface area contributed by atoms with Gasteiger partial charge in [-0.1, -0.05) is 0 Å². The minimum atomic E-state index is -0.542. The Morgan fingerprint density at radius 2 is 1.89 bits per heavy atom. The minimum Gasteiger partial charge on any atom is -0.396 e. The maximum atomic E-state index is 12.2. The highest BCUT2D eigenvalue weighted by Gasteiger charge is 2.09. The summed E-state index contributed by atoms with van der Waals surface area (Å²) in [6.07, 6.45) is 3.29. The molecule has 0 aliphatic heterocycles. The van der Waals surface area contributed by atoms with Crippen LogP contribution in [0.3, 0.4) is 0 Å². The number of aromatic nitrogens is 2. The van der Waals surface area contributed by atoms with Gasteiger partial charge in [-0.25, -0.2) is 9.37 Å². The maximum Gasteiger partial charge on any atom is 0.249 e. The van der Waals surface area contributed by atoms with Gasteiger partial charge in [0.25, 0.3) is 0 Å². The van der Waals surface area contributed by atoms with Crippen molar-refractivity contribution >= 4 is 28.7 Å². The highest BCUT2D eigenvalue weighted by Crippen LogP contribution is 2.15. The number of fused-ring (bicyclic) bond motifs is 1. The Hall–Kier alpha value is -3.59. The number of aliphatic hydroxyl groups excluding tert-OH is 1. The standard InChI is InChI=1S/C11H12N4O2.C7H6FNO/c12-10(15-9(17)3-5-16)8-6-14-11-7(8)2-1-4-13-11;8-6-3-1-5(2-4-6)7(9)10/h1-2,4,6,16H,3,5H2,(H,13,14)(H2,12,15,17);1-4H,(H2,9,10). The number of hydrogen-bond donors (Lipinski definition) is 4. The van der Waals surface area contributed by atoms with Crippen LogP contribution in [0.5, 0.6) is 0 Å². The summed E-state index contributed by atoms with van der Waals surface area (Å²) in [5.74, 6) is -1.23. The number of halogens is 1. The number of amides is 2. The van der Waals surface area contributed by atoms with Crippen LogP contribution in [-0.4, -0.2) is 39.3 Å². The number of aliphatic hydroxyl groups is 1. The van der Waals surface area contributed by atoms with Gasteiger partial charge in [0.05, 0.1) is 13.0 Å². The average molecular weight is 371 g/mol. The third kappa shape index (κ3) is 5.44. The van der Waals surface area contributed by atoms with E-state index >= 15 is 0 Å². The van der Waals surface area contributed by atoms with Crippen molar-refractivity contribution in [1.82, 2.24) is 9.97 Å². The van der Waals surface area contributed by atoms with E-state index in [2.05, 4.69) is 15.0 Å². The predicted molar refractivity (Wildman–Crippen MR) is 98.4 cm³/mol. The predicted octanol–water partition coefficient (Wildman–Crippen LogP) is 1.10. The number of primary amides is 1. The summed E-state index contributed by atoms with van der Waals surface area (Å²) in [5.41, 5.74) is 12.3. The third-order valence-corrected chi connectivity index (χ3v) is 3.43. The van der Waals surface area contributed by atoms with Gasteiger partial charge in [-0.05, 0) is 36.4 Å². The quantitative estimate of drug-likeness (QED) is 0.400. The number of pyridine rings is 1. The second kappa shape index (κ2) is 9.20. The molecule has 2 amide bonds. The van der Waals surface area contributed by atoms with Crippen LogP contribution in [0.4, 0.5) is 4.39 Å². The fourth-order valence-corrected chi connectivity index (χ4v) is 2.13. The molecule has 8 nitrogen and oxygen atoms in total. The monoisotopic (exact) mass is 371 g/mol. The lowest BCUT2D eigenvalue weighted by Gasteiger charge is -1.97. The summed E-state index contributed by atoms with van der Waals surface area (Å²) in [5, 5.41) is 9.42. The Kier molecular flexibility index (Phi) is 6.73. The first kappa shape index (κ1) is 19.7. The van der Waals surface area contributed by atoms with Gasteiger partial charge in [0.1, 0.15) is 17.3 Å². The lowest BCUT2D eigenvalue weighted by molar-refractivity contribution is -0.118. The van der Waals surface area contributed by atoms with Crippen LogP contribution in [0.15, 0.2) is 53.8 Å². The fourth-order valence-electron chi connectivity index (χ4n) is 2.13. The lowest BCUT2D eigenvalue weighted by Crippen LogP contribution is -2.15. The van der Waals surface area contributed by atoms with Crippen LogP contribution in [0.2, 0.25) is 0 Å². The number of carbonyl (C=O) groups excluding carboxylic acids is 2. The molecule has 1 aromatic carbocycles. The molecule has 0 fully saturated rings. The Morgan fingerprint density at radius 3 is 2.52 bits per heavy atom. The molecule has 140 valence electrons. The van der Waals surface area contributed by atoms with Crippen LogP contribution in [0, 0.1) is 5.82 Å². The molecule has 3 aromatic rings. The Morgan fingerprint density at radius 1 is 1.19 bits per heavy atom. The van der Waals surface area contributed by atoms with Crippen molar-refractivity contribution < 1.29 is 19.1 Å². The number of benzene rings is 1. The van der Waals surface area contributed by atoms with Crippen LogP contribution < -0.4 is 11.5 Å². The number of rotatable bonds is 4. The van der Waals surface area contributed by atoms with E-state index in [-0.39, 0.29) is 24.7 Å². The van der Waals surface area contributed by atoms with Crippen molar-refractivity contribution in [2.24, 2.45) is 16.5 Å². The summed E-state index contributed by atoms with van der Waals surface area (Å²) in [4.78, 5) is 32.4. The zero-order valence-corrected chi connectivity index (χ0v) is 14.2. The highest BCUT2D eigenvalue weighted by atomic mass is 19.1. The molecule has 2 heterocycles. The average Bonchev–Trinajstić information content (AvgIpc) is 3.07. The van der Waals surface area contributed by atoms with Gasteiger partial charge in [-0.15, -0.1) is 0 Å². The molecule has 27 heavy (non-hydrogen) atoms. The first-order valence-electron chi connectivity index (χ1n) is 7.88. The summed E-state index contributed by atoms with van der Waals surface area (Å²) in [6.45, 7) is -0.231. The van der Waals surface area contributed by atoms with E-state index in [1.165, 1.54) is 24.3 Å². The number of nitrogens with one attached hydrogen (secondary N) is 1.